The van der Waals surface area contributed by atoms with E-state index in [0.29, 0.717) is 31.0 Å². The van der Waals surface area contributed by atoms with Gasteiger partial charge in [-0.2, -0.15) is 0 Å². The van der Waals surface area contributed by atoms with Gasteiger partial charge in [-0.1, -0.05) is 36.8 Å². The SMILES string of the molecule is CCNC(=NCCCN1CCCCCC1=O)NCCS(=O)Cc1ccccc1. The molecule has 2 rings (SSSR count). The highest BCUT2D eigenvalue weighted by Crippen LogP contribution is 2.11. The van der Waals surface area contributed by atoms with Gasteiger partial charge in [-0.15, -0.1) is 0 Å². The largest absolute Gasteiger partial charge is 0.357 e. The van der Waals surface area contributed by atoms with E-state index in [4.69, 9.17) is 0 Å². The van der Waals surface area contributed by atoms with Gasteiger partial charge >= 0.3 is 0 Å². The number of rotatable bonds is 10. The lowest BCUT2D eigenvalue weighted by Gasteiger charge is -2.20. The van der Waals surface area contributed by atoms with Gasteiger partial charge in [-0.3, -0.25) is 14.0 Å². The van der Waals surface area contributed by atoms with Gasteiger partial charge in [0.2, 0.25) is 5.91 Å². The molecule has 1 heterocycles. The van der Waals surface area contributed by atoms with Crippen molar-refractivity contribution in [3.05, 3.63) is 35.9 Å². The molecule has 1 aliphatic heterocycles. The molecular weight excluding hydrogens is 372 g/mol. The molecule has 0 aliphatic carbocycles. The first-order valence-corrected chi connectivity index (χ1v) is 11.9. The molecule has 156 valence electrons. The number of carbonyl (C=O) groups excluding carboxylic acids is 1. The van der Waals surface area contributed by atoms with Crippen molar-refractivity contribution in [2.75, 3.05) is 38.5 Å². The van der Waals surface area contributed by atoms with E-state index in [1.54, 1.807) is 0 Å². The van der Waals surface area contributed by atoms with E-state index >= 15 is 0 Å². The Bertz CT molecular complexity index is 637. The quantitative estimate of drug-likeness (QED) is 0.355. The molecule has 1 aromatic rings. The summed E-state index contributed by atoms with van der Waals surface area (Å²) in [4.78, 5) is 18.6. The molecule has 1 atom stereocenters. The Balaban J connectivity index is 1.68. The van der Waals surface area contributed by atoms with Gasteiger partial charge in [-0.05, 0) is 31.7 Å². The van der Waals surface area contributed by atoms with E-state index in [1.165, 1.54) is 0 Å². The molecule has 1 unspecified atom stereocenters. The number of hydrogen-bond donors (Lipinski definition) is 2. The van der Waals surface area contributed by atoms with Gasteiger partial charge in [0.05, 0.1) is 0 Å². The smallest absolute Gasteiger partial charge is 0.222 e. The van der Waals surface area contributed by atoms with Crippen molar-refractivity contribution in [1.82, 2.24) is 15.5 Å². The van der Waals surface area contributed by atoms with Gasteiger partial charge in [0.1, 0.15) is 0 Å². The Morgan fingerprint density at radius 1 is 1.18 bits per heavy atom. The number of hydrogen-bond acceptors (Lipinski definition) is 3. The van der Waals surface area contributed by atoms with Crippen molar-refractivity contribution in [3.63, 3.8) is 0 Å². The van der Waals surface area contributed by atoms with Crippen LogP contribution in [0.4, 0.5) is 0 Å². The summed E-state index contributed by atoms with van der Waals surface area (Å²) in [5.74, 6) is 2.20. The van der Waals surface area contributed by atoms with Crippen LogP contribution >= 0.6 is 0 Å². The first-order chi connectivity index (χ1) is 13.7. The molecule has 2 N–H and O–H groups in total. The van der Waals surface area contributed by atoms with Gasteiger partial charge in [0, 0.05) is 61.4 Å². The minimum Gasteiger partial charge on any atom is -0.357 e. The number of guanidine groups is 1. The van der Waals surface area contributed by atoms with E-state index in [1.807, 2.05) is 42.2 Å². The van der Waals surface area contributed by atoms with Crippen LogP contribution in [0.1, 0.15) is 44.6 Å². The summed E-state index contributed by atoms with van der Waals surface area (Å²) in [7, 11) is -0.897. The molecule has 6 nitrogen and oxygen atoms in total. The molecule has 0 radical (unpaired) electrons. The van der Waals surface area contributed by atoms with Gasteiger partial charge in [0.15, 0.2) is 5.96 Å². The van der Waals surface area contributed by atoms with Crippen LogP contribution in [-0.4, -0.2) is 59.5 Å². The number of carbonyl (C=O) groups is 1. The Morgan fingerprint density at radius 2 is 2.00 bits per heavy atom. The molecule has 1 fully saturated rings. The summed E-state index contributed by atoms with van der Waals surface area (Å²) >= 11 is 0. The average molecular weight is 407 g/mol. The van der Waals surface area contributed by atoms with Crippen LogP contribution in [0, 0.1) is 0 Å². The zero-order chi connectivity index (χ0) is 20.0. The third-order valence-electron chi connectivity index (χ3n) is 4.66. The maximum Gasteiger partial charge on any atom is 0.222 e. The van der Waals surface area contributed by atoms with E-state index in [-0.39, 0.29) is 5.91 Å². The summed E-state index contributed by atoms with van der Waals surface area (Å²) in [5, 5.41) is 6.48. The highest BCUT2D eigenvalue weighted by molar-refractivity contribution is 7.84. The van der Waals surface area contributed by atoms with Gasteiger partial charge < -0.3 is 15.5 Å². The predicted molar refractivity (Wildman–Crippen MR) is 117 cm³/mol. The monoisotopic (exact) mass is 406 g/mol. The minimum atomic E-state index is -0.897. The molecule has 0 bridgehead atoms. The first-order valence-electron chi connectivity index (χ1n) is 10.4. The summed E-state index contributed by atoms with van der Waals surface area (Å²) < 4.78 is 12.2. The van der Waals surface area contributed by atoms with Crippen LogP contribution in [0.5, 0.6) is 0 Å². The van der Waals surface area contributed by atoms with Gasteiger partial charge in [-0.25, -0.2) is 0 Å². The second-order valence-electron chi connectivity index (χ2n) is 7.01. The number of amides is 1. The number of aliphatic imine (C=N–C) groups is 1. The van der Waals surface area contributed by atoms with Crippen molar-refractivity contribution in [2.45, 2.75) is 44.8 Å². The Morgan fingerprint density at radius 3 is 2.79 bits per heavy atom. The maximum atomic E-state index is 12.2. The van der Waals surface area contributed by atoms with Crippen molar-refractivity contribution >= 4 is 22.7 Å². The lowest BCUT2D eigenvalue weighted by Crippen LogP contribution is -2.39. The molecule has 7 heteroatoms. The molecule has 1 amide bonds. The van der Waals surface area contributed by atoms with Crippen LogP contribution in [-0.2, 0) is 21.3 Å². The zero-order valence-corrected chi connectivity index (χ0v) is 17.8. The number of benzene rings is 1. The lowest BCUT2D eigenvalue weighted by atomic mass is 10.2. The Hall–Kier alpha value is -1.89. The number of nitrogens with zero attached hydrogens (tertiary/aromatic N) is 2. The standard InChI is InChI=1S/C21H34N4O2S/c1-2-22-21(23-13-9-16-25-15-8-4-7-12-20(25)26)24-14-17-28(27)18-19-10-5-3-6-11-19/h3,5-6,10-11H,2,4,7-9,12-18H2,1H3,(H2,22,23,24). The first kappa shape index (κ1) is 22.4. The second kappa shape index (κ2) is 13.3. The lowest BCUT2D eigenvalue weighted by molar-refractivity contribution is -0.130. The van der Waals surface area contributed by atoms with Crippen LogP contribution in [0.25, 0.3) is 0 Å². The molecule has 28 heavy (non-hydrogen) atoms. The summed E-state index contributed by atoms with van der Waals surface area (Å²) in [6, 6.07) is 9.92. The third-order valence-corrected chi connectivity index (χ3v) is 5.98. The molecule has 0 aromatic heterocycles. The van der Waals surface area contributed by atoms with E-state index in [0.717, 1.165) is 56.8 Å². The van der Waals surface area contributed by atoms with Crippen LogP contribution in [0.2, 0.25) is 0 Å². The zero-order valence-electron chi connectivity index (χ0n) is 17.0. The van der Waals surface area contributed by atoms with E-state index in [2.05, 4.69) is 15.6 Å². The summed E-state index contributed by atoms with van der Waals surface area (Å²) in [6.45, 7) is 5.77. The number of nitrogens with one attached hydrogen (secondary N) is 2. The van der Waals surface area contributed by atoms with Crippen molar-refractivity contribution < 1.29 is 9.00 Å². The molecule has 1 aromatic carbocycles. The van der Waals surface area contributed by atoms with Crippen molar-refractivity contribution in [1.29, 1.82) is 0 Å². The van der Waals surface area contributed by atoms with E-state index < -0.39 is 10.8 Å². The predicted octanol–water partition coefficient (Wildman–Crippen LogP) is 2.28. The molecule has 1 saturated heterocycles. The average Bonchev–Trinajstić information content (AvgIpc) is 2.90. The molecule has 0 spiro atoms. The fraction of sp³-hybridized carbons (Fsp3) is 0.619. The third kappa shape index (κ3) is 8.87. The molecular formula is C21H34N4O2S. The molecule has 1 aliphatic rings. The Kier molecular flexibility index (Phi) is 10.7. The molecule has 0 saturated carbocycles. The maximum absolute atomic E-state index is 12.2. The van der Waals surface area contributed by atoms with Crippen LogP contribution in [0.3, 0.4) is 0 Å². The van der Waals surface area contributed by atoms with E-state index in [9.17, 15) is 9.00 Å². The fourth-order valence-electron chi connectivity index (χ4n) is 3.18. The van der Waals surface area contributed by atoms with Crippen molar-refractivity contribution in [3.8, 4) is 0 Å². The fourth-order valence-corrected chi connectivity index (χ4v) is 4.22. The number of likely N-dealkylation sites (tertiary alicyclic amines) is 1. The highest BCUT2D eigenvalue weighted by Gasteiger charge is 2.15. The minimum absolute atomic E-state index is 0.285. The van der Waals surface area contributed by atoms with Crippen molar-refractivity contribution in [2.24, 2.45) is 4.99 Å². The normalized spacial score (nSPS) is 16.5. The summed E-state index contributed by atoms with van der Waals surface area (Å²) in [6.07, 6.45) is 4.84. The second-order valence-corrected chi connectivity index (χ2v) is 8.58. The topological polar surface area (TPSA) is 73.8 Å². The van der Waals surface area contributed by atoms with Crippen LogP contribution in [0.15, 0.2) is 35.3 Å². The van der Waals surface area contributed by atoms with Gasteiger partial charge in [0.25, 0.3) is 0 Å². The Labute approximate surface area is 171 Å². The summed E-state index contributed by atoms with van der Waals surface area (Å²) in [5.41, 5.74) is 1.10. The van der Waals surface area contributed by atoms with Crippen LogP contribution < -0.4 is 10.6 Å². The highest BCUT2D eigenvalue weighted by atomic mass is 32.2.